The van der Waals surface area contributed by atoms with Crippen molar-refractivity contribution in [3.05, 3.63) is 17.6 Å². The van der Waals surface area contributed by atoms with Gasteiger partial charge in [-0.1, -0.05) is 20.3 Å². The minimum Gasteiger partial charge on any atom is -0.384 e. The summed E-state index contributed by atoms with van der Waals surface area (Å²) in [7, 11) is 0. The molecule has 0 amide bonds. The van der Waals surface area contributed by atoms with Gasteiger partial charge >= 0.3 is 0 Å². The summed E-state index contributed by atoms with van der Waals surface area (Å²) >= 11 is 0. The highest BCUT2D eigenvalue weighted by Gasteiger charge is 2.42. The number of hydrogen-bond donors (Lipinski definition) is 1. The largest absolute Gasteiger partial charge is 0.384 e. The lowest BCUT2D eigenvalue weighted by Gasteiger charge is -2.09. The molecule has 0 unspecified atom stereocenters. The van der Waals surface area contributed by atoms with E-state index in [1.54, 1.807) is 0 Å². The molecule has 3 nitrogen and oxygen atoms in total. The molecule has 1 aliphatic carbocycles. The molecule has 1 aromatic heterocycles. The lowest BCUT2D eigenvalue weighted by atomic mass is 10.1. The van der Waals surface area contributed by atoms with Gasteiger partial charge in [0, 0.05) is 17.2 Å². The molecular formula is C11H17N3. The van der Waals surface area contributed by atoms with Crippen molar-refractivity contribution in [1.82, 2.24) is 9.97 Å². The van der Waals surface area contributed by atoms with Crippen LogP contribution in [0.4, 0.5) is 5.82 Å². The fourth-order valence-electron chi connectivity index (χ4n) is 1.58. The summed E-state index contributed by atoms with van der Waals surface area (Å²) in [5, 5.41) is 0. The Bertz CT molecular complexity index is 342. The molecule has 1 heterocycles. The number of rotatable bonds is 3. The SMILES string of the molecule is CCCc1cc(N)nc(C2(C)CC2)n1. The van der Waals surface area contributed by atoms with E-state index >= 15 is 0 Å². The maximum atomic E-state index is 5.76. The van der Waals surface area contributed by atoms with Gasteiger partial charge in [0.05, 0.1) is 0 Å². The molecular weight excluding hydrogens is 174 g/mol. The first kappa shape index (κ1) is 9.44. The van der Waals surface area contributed by atoms with E-state index in [4.69, 9.17) is 5.73 Å². The van der Waals surface area contributed by atoms with Crippen molar-refractivity contribution in [3.8, 4) is 0 Å². The van der Waals surface area contributed by atoms with Crippen LogP contribution in [-0.2, 0) is 11.8 Å². The monoisotopic (exact) mass is 191 g/mol. The van der Waals surface area contributed by atoms with Gasteiger partial charge in [-0.05, 0) is 19.3 Å². The maximum absolute atomic E-state index is 5.76. The minimum atomic E-state index is 0.220. The van der Waals surface area contributed by atoms with Crippen LogP contribution in [0, 0.1) is 0 Å². The fourth-order valence-corrected chi connectivity index (χ4v) is 1.58. The molecule has 76 valence electrons. The van der Waals surface area contributed by atoms with Crippen molar-refractivity contribution in [1.29, 1.82) is 0 Å². The van der Waals surface area contributed by atoms with Crippen LogP contribution in [-0.4, -0.2) is 9.97 Å². The van der Waals surface area contributed by atoms with Gasteiger partial charge in [0.2, 0.25) is 0 Å². The summed E-state index contributed by atoms with van der Waals surface area (Å²) in [6, 6.07) is 1.89. The van der Waals surface area contributed by atoms with Crippen LogP contribution in [0.1, 0.15) is 44.6 Å². The minimum absolute atomic E-state index is 0.220. The van der Waals surface area contributed by atoms with Crippen molar-refractivity contribution in [2.24, 2.45) is 0 Å². The van der Waals surface area contributed by atoms with E-state index in [1.165, 1.54) is 12.8 Å². The summed E-state index contributed by atoms with van der Waals surface area (Å²) in [6.07, 6.45) is 4.49. The number of hydrogen-bond acceptors (Lipinski definition) is 3. The molecule has 0 atom stereocenters. The number of nitrogen functional groups attached to an aromatic ring is 1. The van der Waals surface area contributed by atoms with Crippen LogP contribution >= 0.6 is 0 Å². The summed E-state index contributed by atoms with van der Waals surface area (Å²) in [6.45, 7) is 4.36. The second kappa shape index (κ2) is 3.23. The lowest BCUT2D eigenvalue weighted by Crippen LogP contribution is -2.10. The van der Waals surface area contributed by atoms with Crippen LogP contribution in [0.15, 0.2) is 6.07 Å². The van der Waals surface area contributed by atoms with Crippen LogP contribution in [0.25, 0.3) is 0 Å². The molecule has 0 saturated heterocycles. The van der Waals surface area contributed by atoms with Crippen molar-refractivity contribution in [3.63, 3.8) is 0 Å². The summed E-state index contributed by atoms with van der Waals surface area (Å²) < 4.78 is 0. The Morgan fingerprint density at radius 1 is 1.43 bits per heavy atom. The van der Waals surface area contributed by atoms with E-state index in [-0.39, 0.29) is 5.41 Å². The van der Waals surface area contributed by atoms with E-state index in [9.17, 15) is 0 Å². The van der Waals surface area contributed by atoms with E-state index in [1.807, 2.05) is 6.07 Å². The van der Waals surface area contributed by atoms with Crippen molar-refractivity contribution in [2.45, 2.75) is 44.9 Å². The lowest BCUT2D eigenvalue weighted by molar-refractivity contribution is 0.695. The molecule has 0 spiro atoms. The van der Waals surface area contributed by atoms with Crippen LogP contribution < -0.4 is 5.73 Å². The molecule has 0 aromatic carbocycles. The Kier molecular flexibility index (Phi) is 2.17. The maximum Gasteiger partial charge on any atom is 0.136 e. The molecule has 14 heavy (non-hydrogen) atoms. The standard InChI is InChI=1S/C11H17N3/c1-3-4-8-7-9(12)14-10(13-8)11(2)5-6-11/h7H,3-6H2,1-2H3,(H2,12,13,14). The number of anilines is 1. The Morgan fingerprint density at radius 3 is 2.71 bits per heavy atom. The van der Waals surface area contributed by atoms with Gasteiger partial charge in [-0.3, -0.25) is 0 Å². The molecule has 0 aliphatic heterocycles. The molecule has 1 fully saturated rings. The van der Waals surface area contributed by atoms with E-state index in [0.29, 0.717) is 5.82 Å². The van der Waals surface area contributed by atoms with Gasteiger partial charge in [0.25, 0.3) is 0 Å². The van der Waals surface area contributed by atoms with Gasteiger partial charge in [-0.25, -0.2) is 9.97 Å². The number of nitrogens with zero attached hydrogens (tertiary/aromatic N) is 2. The predicted octanol–water partition coefficient (Wildman–Crippen LogP) is 2.06. The fraction of sp³-hybridized carbons (Fsp3) is 0.636. The zero-order valence-corrected chi connectivity index (χ0v) is 8.88. The highest BCUT2D eigenvalue weighted by molar-refractivity contribution is 5.33. The molecule has 0 radical (unpaired) electrons. The molecule has 2 rings (SSSR count). The van der Waals surface area contributed by atoms with Crippen molar-refractivity contribution < 1.29 is 0 Å². The predicted molar refractivity (Wildman–Crippen MR) is 57.0 cm³/mol. The second-order valence-corrected chi connectivity index (χ2v) is 4.42. The average Bonchev–Trinajstić information content (AvgIpc) is 2.85. The normalized spacial score (nSPS) is 18.1. The topological polar surface area (TPSA) is 51.8 Å². The molecule has 0 bridgehead atoms. The number of aromatic nitrogens is 2. The molecule has 3 heteroatoms. The van der Waals surface area contributed by atoms with Gasteiger partial charge in [0.1, 0.15) is 11.6 Å². The van der Waals surface area contributed by atoms with Crippen LogP contribution in [0.2, 0.25) is 0 Å². The van der Waals surface area contributed by atoms with E-state index in [2.05, 4.69) is 23.8 Å². The third-order valence-electron chi connectivity index (χ3n) is 2.84. The highest BCUT2D eigenvalue weighted by Crippen LogP contribution is 2.46. The van der Waals surface area contributed by atoms with Gasteiger partial charge in [-0.15, -0.1) is 0 Å². The summed E-state index contributed by atoms with van der Waals surface area (Å²) in [5.41, 5.74) is 7.07. The Labute approximate surface area is 84.8 Å². The average molecular weight is 191 g/mol. The summed E-state index contributed by atoms with van der Waals surface area (Å²) in [5.74, 6) is 1.56. The number of nitrogens with two attached hydrogens (primary N) is 1. The molecule has 1 aliphatic rings. The van der Waals surface area contributed by atoms with Crippen molar-refractivity contribution in [2.75, 3.05) is 5.73 Å². The molecule has 1 saturated carbocycles. The highest BCUT2D eigenvalue weighted by atomic mass is 15.0. The Morgan fingerprint density at radius 2 is 2.14 bits per heavy atom. The Hall–Kier alpha value is -1.12. The molecule has 1 aromatic rings. The first-order chi connectivity index (χ1) is 6.64. The quantitative estimate of drug-likeness (QED) is 0.795. The zero-order chi connectivity index (χ0) is 10.2. The van der Waals surface area contributed by atoms with Gasteiger partial charge in [0.15, 0.2) is 0 Å². The second-order valence-electron chi connectivity index (χ2n) is 4.42. The van der Waals surface area contributed by atoms with Gasteiger partial charge in [-0.2, -0.15) is 0 Å². The van der Waals surface area contributed by atoms with Gasteiger partial charge < -0.3 is 5.73 Å². The van der Waals surface area contributed by atoms with Crippen LogP contribution in [0.5, 0.6) is 0 Å². The van der Waals surface area contributed by atoms with E-state index in [0.717, 1.165) is 24.4 Å². The van der Waals surface area contributed by atoms with E-state index < -0.39 is 0 Å². The summed E-state index contributed by atoms with van der Waals surface area (Å²) in [4.78, 5) is 8.88. The molecule has 2 N–H and O–H groups in total. The van der Waals surface area contributed by atoms with Crippen molar-refractivity contribution >= 4 is 5.82 Å². The third-order valence-corrected chi connectivity index (χ3v) is 2.84. The third kappa shape index (κ3) is 1.72. The first-order valence-corrected chi connectivity index (χ1v) is 5.28. The number of aryl methyl sites for hydroxylation is 1. The zero-order valence-electron chi connectivity index (χ0n) is 8.88. The first-order valence-electron chi connectivity index (χ1n) is 5.28. The smallest absolute Gasteiger partial charge is 0.136 e. The Balaban J connectivity index is 2.32. The van der Waals surface area contributed by atoms with Crippen LogP contribution in [0.3, 0.4) is 0 Å².